The van der Waals surface area contributed by atoms with E-state index in [0.717, 1.165) is 36.3 Å². The van der Waals surface area contributed by atoms with E-state index in [2.05, 4.69) is 11.9 Å². The van der Waals surface area contributed by atoms with E-state index in [9.17, 15) is 9.90 Å². The van der Waals surface area contributed by atoms with Crippen LogP contribution >= 0.6 is 11.8 Å². The molecule has 2 aromatic rings. The summed E-state index contributed by atoms with van der Waals surface area (Å²) in [7, 11) is 0. The van der Waals surface area contributed by atoms with E-state index in [1.165, 1.54) is 0 Å². The van der Waals surface area contributed by atoms with E-state index >= 15 is 0 Å². The Morgan fingerprint density at radius 1 is 1.31 bits per heavy atom. The summed E-state index contributed by atoms with van der Waals surface area (Å²) in [6, 6.07) is 7.21. The first-order valence-electron chi connectivity index (χ1n) is 8.84. The molecule has 1 unspecified atom stereocenters. The van der Waals surface area contributed by atoms with Gasteiger partial charge in [-0.15, -0.1) is 0 Å². The fraction of sp³-hybridized carbons (Fsp3) is 0.474. The number of aliphatic hydroxyl groups excluding tert-OH is 1. The molecule has 0 bridgehead atoms. The van der Waals surface area contributed by atoms with Crippen molar-refractivity contribution < 1.29 is 19.7 Å². The molecule has 1 atom stereocenters. The summed E-state index contributed by atoms with van der Waals surface area (Å²) >= 11 is 6.40. The van der Waals surface area contributed by atoms with Gasteiger partial charge in [0.15, 0.2) is 6.10 Å². The Labute approximate surface area is 158 Å². The van der Waals surface area contributed by atoms with Crippen LogP contribution in [0.3, 0.4) is 0 Å². The monoisotopic (exact) mass is 380 g/mol. The third kappa shape index (κ3) is 4.99. The van der Waals surface area contributed by atoms with Crippen LogP contribution in [0.5, 0.6) is 5.75 Å². The Hall–Kier alpha value is -2.05. The number of carboxylic acid groups (broad SMARTS) is 1. The first-order valence-corrected chi connectivity index (χ1v) is 9.18. The van der Waals surface area contributed by atoms with Crippen LogP contribution in [0.25, 0.3) is 0 Å². The van der Waals surface area contributed by atoms with Crippen molar-refractivity contribution in [2.24, 2.45) is 0 Å². The minimum atomic E-state index is -0.977. The normalized spacial score (nSPS) is 12.2. The quantitative estimate of drug-likeness (QED) is 0.658. The lowest BCUT2D eigenvalue weighted by Gasteiger charge is -2.13. The molecule has 0 amide bonds. The zero-order valence-corrected chi connectivity index (χ0v) is 15.9. The number of aliphatic hydroxyl groups is 1. The molecule has 6 nitrogen and oxygen atoms in total. The smallest absolute Gasteiger partial charge is 0.344 e. The molecule has 0 saturated carbocycles. The van der Waals surface area contributed by atoms with Gasteiger partial charge in [-0.1, -0.05) is 32.4 Å². The molecular weight excluding hydrogens is 356 g/mol. The summed E-state index contributed by atoms with van der Waals surface area (Å²) in [5.74, 6) is 0.294. The van der Waals surface area contributed by atoms with Gasteiger partial charge < -0.3 is 14.9 Å². The molecule has 1 heterocycles. The third-order valence-corrected chi connectivity index (χ3v) is 4.58. The number of aromatic nitrogens is 2. The van der Waals surface area contributed by atoms with Gasteiger partial charge >= 0.3 is 5.97 Å². The summed E-state index contributed by atoms with van der Waals surface area (Å²) in [5.41, 5.74) is 2.33. The van der Waals surface area contributed by atoms with E-state index in [0.29, 0.717) is 24.3 Å². The number of rotatable bonds is 10. The van der Waals surface area contributed by atoms with Gasteiger partial charge in [0.05, 0.1) is 18.0 Å². The largest absolute Gasteiger partial charge is 0.479 e. The third-order valence-electron chi connectivity index (χ3n) is 4.18. The number of aryl methyl sites for hydroxylation is 1. The molecule has 2 N–H and O–H groups in total. The van der Waals surface area contributed by atoms with Gasteiger partial charge in [-0.25, -0.2) is 13.9 Å². The first-order chi connectivity index (χ1) is 12.5. The van der Waals surface area contributed by atoms with Crippen molar-refractivity contribution in [2.45, 2.75) is 58.7 Å². The lowest BCUT2D eigenvalue weighted by Crippen LogP contribution is -2.25. The van der Waals surface area contributed by atoms with E-state index < -0.39 is 12.1 Å². The molecule has 0 radical (unpaired) electrons. The average molecular weight is 381 g/mol. The van der Waals surface area contributed by atoms with E-state index in [1.54, 1.807) is 23.1 Å². The molecule has 7 heteroatoms. The van der Waals surface area contributed by atoms with Crippen molar-refractivity contribution in [3.8, 4) is 5.75 Å². The van der Waals surface area contributed by atoms with Crippen molar-refractivity contribution in [3.63, 3.8) is 0 Å². The summed E-state index contributed by atoms with van der Waals surface area (Å²) in [6.07, 6.45) is 2.87. The number of aliphatic carboxylic acids is 1. The zero-order valence-electron chi connectivity index (χ0n) is 15.1. The number of imidazole rings is 1. The molecule has 0 fully saturated rings. The lowest BCUT2D eigenvalue weighted by atomic mass is 10.1. The van der Waals surface area contributed by atoms with Crippen molar-refractivity contribution >= 4 is 17.7 Å². The fourth-order valence-electron chi connectivity index (χ4n) is 2.67. The lowest BCUT2D eigenvalue weighted by molar-refractivity contribution is -0.145. The number of hydrogen-bond donors (Lipinski definition) is 2. The van der Waals surface area contributed by atoms with Gasteiger partial charge in [0.25, 0.3) is 0 Å². The summed E-state index contributed by atoms with van der Waals surface area (Å²) < 4.78 is 7.01. The molecule has 0 aliphatic carbocycles. The second kappa shape index (κ2) is 9.59. The van der Waals surface area contributed by atoms with Crippen LogP contribution in [0.15, 0.2) is 24.3 Å². The minimum Gasteiger partial charge on any atom is -0.479 e. The average Bonchev–Trinajstić information content (AvgIpc) is 2.94. The maximum absolute atomic E-state index is 11.1. The molecule has 26 heavy (non-hydrogen) atoms. The van der Waals surface area contributed by atoms with Crippen LogP contribution in [0.2, 0.25) is 0 Å². The molecule has 142 valence electrons. The molecule has 0 spiro atoms. The SMILES string of the molecule is CCCCc1nc(CO)c(Cc2ccc(OC(CC)C(=O)O)cc2)n1Cl. The van der Waals surface area contributed by atoms with Crippen molar-refractivity contribution in [1.29, 1.82) is 0 Å². The number of ether oxygens (including phenoxy) is 1. The van der Waals surface area contributed by atoms with Crippen LogP contribution in [0.4, 0.5) is 0 Å². The first kappa shape index (κ1) is 20.3. The highest BCUT2D eigenvalue weighted by Crippen LogP contribution is 2.22. The van der Waals surface area contributed by atoms with Gasteiger partial charge in [-0.05, 0) is 30.5 Å². The fourth-order valence-corrected chi connectivity index (χ4v) is 2.95. The van der Waals surface area contributed by atoms with Gasteiger partial charge in [0, 0.05) is 24.6 Å². The number of hydrogen-bond acceptors (Lipinski definition) is 4. The Balaban J connectivity index is 2.13. The van der Waals surface area contributed by atoms with E-state index in [-0.39, 0.29) is 6.61 Å². The van der Waals surface area contributed by atoms with E-state index in [1.807, 2.05) is 12.1 Å². The van der Waals surface area contributed by atoms with Crippen molar-refractivity contribution in [2.75, 3.05) is 0 Å². The number of carboxylic acids is 1. The summed E-state index contributed by atoms with van der Waals surface area (Å²) in [5, 5.41) is 18.6. The second-order valence-electron chi connectivity index (χ2n) is 6.14. The van der Waals surface area contributed by atoms with Crippen LogP contribution < -0.4 is 4.74 Å². The van der Waals surface area contributed by atoms with Gasteiger partial charge in [0.2, 0.25) is 0 Å². The predicted octanol–water partition coefficient (Wildman–Crippen LogP) is 3.55. The zero-order chi connectivity index (χ0) is 19.1. The Kier molecular flexibility index (Phi) is 7.48. The predicted molar refractivity (Wildman–Crippen MR) is 99.6 cm³/mol. The summed E-state index contributed by atoms with van der Waals surface area (Å²) in [4.78, 5) is 15.5. The number of nitrogens with zero attached hydrogens (tertiary/aromatic N) is 2. The number of benzene rings is 1. The minimum absolute atomic E-state index is 0.161. The molecule has 0 aliphatic rings. The highest BCUT2D eigenvalue weighted by molar-refractivity contribution is 6.16. The van der Waals surface area contributed by atoms with E-state index in [4.69, 9.17) is 21.6 Å². The highest BCUT2D eigenvalue weighted by Gasteiger charge is 2.18. The second-order valence-corrected chi connectivity index (χ2v) is 6.48. The van der Waals surface area contributed by atoms with Crippen LogP contribution in [0, 0.1) is 0 Å². The molecule has 1 aromatic heterocycles. The van der Waals surface area contributed by atoms with Crippen molar-refractivity contribution in [1.82, 2.24) is 9.07 Å². The Bertz CT molecular complexity index is 728. The molecule has 0 aliphatic heterocycles. The van der Waals surface area contributed by atoms with Gasteiger partial charge in [-0.3, -0.25) is 0 Å². The molecule has 1 aromatic carbocycles. The van der Waals surface area contributed by atoms with Gasteiger partial charge in [-0.2, -0.15) is 0 Å². The van der Waals surface area contributed by atoms with Crippen LogP contribution in [0.1, 0.15) is 55.9 Å². The number of carbonyl (C=O) groups is 1. The topological polar surface area (TPSA) is 84.6 Å². The Morgan fingerprint density at radius 2 is 2.00 bits per heavy atom. The maximum atomic E-state index is 11.1. The number of halogens is 1. The Morgan fingerprint density at radius 3 is 2.54 bits per heavy atom. The molecule has 0 saturated heterocycles. The standard InChI is InChI=1S/C19H25ClN2O4/c1-3-5-6-18-21-15(12-23)16(22(18)20)11-13-7-9-14(10-8-13)26-17(4-2)19(24)25/h7-10,17,23H,3-6,11-12H2,1-2H3,(H,24,25). The van der Waals surface area contributed by atoms with Gasteiger partial charge in [0.1, 0.15) is 11.6 Å². The summed E-state index contributed by atoms with van der Waals surface area (Å²) in [6.45, 7) is 3.71. The highest BCUT2D eigenvalue weighted by atomic mass is 35.5. The number of unbranched alkanes of at least 4 members (excludes halogenated alkanes) is 1. The van der Waals surface area contributed by atoms with Crippen molar-refractivity contribution in [3.05, 3.63) is 47.0 Å². The van der Waals surface area contributed by atoms with Crippen LogP contribution in [-0.2, 0) is 24.2 Å². The molecule has 2 rings (SSSR count). The molecular formula is C19H25ClN2O4. The van der Waals surface area contributed by atoms with Crippen LogP contribution in [-0.4, -0.2) is 31.4 Å². The maximum Gasteiger partial charge on any atom is 0.344 e.